The fraction of sp³-hybridized carbons (Fsp3) is 0.333. The Morgan fingerprint density at radius 2 is 1.91 bits per heavy atom. The van der Waals surface area contributed by atoms with Crippen molar-refractivity contribution in [2.75, 3.05) is 20.8 Å². The molecule has 2 aromatic carbocycles. The molecule has 0 unspecified atom stereocenters. The molecule has 4 rings (SSSR count). The number of methoxy groups -OCH3 is 2. The number of carbonyl (C=O) groups excluding carboxylic acids is 1. The van der Waals surface area contributed by atoms with E-state index < -0.39 is 11.6 Å². The Morgan fingerprint density at radius 3 is 2.62 bits per heavy atom. The number of hydrogen-bond donors (Lipinski definition) is 0. The second kappa shape index (κ2) is 9.38. The van der Waals surface area contributed by atoms with E-state index in [0.717, 1.165) is 30.5 Å². The lowest BCUT2D eigenvalue weighted by Crippen LogP contribution is -2.30. The number of amides is 1. The summed E-state index contributed by atoms with van der Waals surface area (Å²) in [6, 6.07) is 9.24. The molecule has 6 nitrogen and oxygen atoms in total. The van der Waals surface area contributed by atoms with E-state index >= 15 is 0 Å². The maximum absolute atomic E-state index is 14.0. The van der Waals surface area contributed by atoms with E-state index in [1.807, 2.05) is 23.1 Å². The molecule has 0 bridgehead atoms. The molecule has 0 spiro atoms. The van der Waals surface area contributed by atoms with Crippen LogP contribution in [0.4, 0.5) is 8.78 Å². The summed E-state index contributed by atoms with van der Waals surface area (Å²) in [6.45, 7) is 0.662. The lowest BCUT2D eigenvalue weighted by molar-refractivity contribution is -0.132. The maximum Gasteiger partial charge on any atom is 0.223 e. The third-order valence-electron chi connectivity index (χ3n) is 5.68. The van der Waals surface area contributed by atoms with Gasteiger partial charge in [-0.25, -0.2) is 13.8 Å². The van der Waals surface area contributed by atoms with Crippen LogP contribution in [0.25, 0.3) is 11.3 Å². The van der Waals surface area contributed by atoms with E-state index in [-0.39, 0.29) is 42.0 Å². The van der Waals surface area contributed by atoms with Crippen molar-refractivity contribution in [1.82, 2.24) is 9.88 Å². The van der Waals surface area contributed by atoms with Crippen LogP contribution in [-0.2, 0) is 11.2 Å². The Kier molecular flexibility index (Phi) is 6.39. The highest BCUT2D eigenvalue weighted by molar-refractivity contribution is 5.77. The second-order valence-electron chi connectivity index (χ2n) is 7.57. The van der Waals surface area contributed by atoms with Crippen LogP contribution in [0.1, 0.15) is 36.8 Å². The normalized spacial score (nSPS) is 15.8. The van der Waals surface area contributed by atoms with Gasteiger partial charge in [-0.15, -0.1) is 0 Å². The van der Waals surface area contributed by atoms with Gasteiger partial charge in [-0.3, -0.25) is 4.79 Å². The van der Waals surface area contributed by atoms with Crippen molar-refractivity contribution < 1.29 is 27.5 Å². The first-order valence-electron chi connectivity index (χ1n) is 10.4. The van der Waals surface area contributed by atoms with E-state index in [4.69, 9.17) is 13.9 Å². The first-order chi connectivity index (χ1) is 15.5. The minimum absolute atomic E-state index is 0.00688. The zero-order valence-corrected chi connectivity index (χ0v) is 17.9. The Bertz CT molecular complexity index is 1090. The molecule has 1 atom stereocenters. The van der Waals surface area contributed by atoms with Crippen LogP contribution in [0.2, 0.25) is 0 Å². The first kappa shape index (κ1) is 21.8. The minimum Gasteiger partial charge on any atom is -0.493 e. The SMILES string of the molecule is COc1ccc([C@H]2CCCN2C(=O)CCc2ncc(-c3c(F)cccc3F)o2)cc1OC. The van der Waals surface area contributed by atoms with Crippen LogP contribution in [-0.4, -0.2) is 36.6 Å². The number of carbonyl (C=O) groups is 1. The number of hydrogen-bond acceptors (Lipinski definition) is 5. The summed E-state index contributed by atoms with van der Waals surface area (Å²) in [5, 5.41) is 0. The average molecular weight is 442 g/mol. The summed E-state index contributed by atoms with van der Waals surface area (Å²) < 4.78 is 44.1. The summed E-state index contributed by atoms with van der Waals surface area (Å²) >= 11 is 0. The lowest BCUT2D eigenvalue weighted by atomic mass is 10.0. The molecule has 0 N–H and O–H groups in total. The Hall–Kier alpha value is -3.42. The monoisotopic (exact) mass is 442 g/mol. The quantitative estimate of drug-likeness (QED) is 0.519. The highest BCUT2D eigenvalue weighted by atomic mass is 19.1. The fourth-order valence-corrected chi connectivity index (χ4v) is 4.10. The highest BCUT2D eigenvalue weighted by Crippen LogP contribution is 2.37. The van der Waals surface area contributed by atoms with Crippen LogP contribution in [0, 0.1) is 11.6 Å². The molecule has 1 amide bonds. The van der Waals surface area contributed by atoms with E-state index in [0.29, 0.717) is 18.0 Å². The largest absolute Gasteiger partial charge is 0.493 e. The van der Waals surface area contributed by atoms with Gasteiger partial charge in [0.05, 0.1) is 32.0 Å². The molecule has 32 heavy (non-hydrogen) atoms. The maximum atomic E-state index is 14.0. The van der Waals surface area contributed by atoms with Gasteiger partial charge in [-0.05, 0) is 42.7 Å². The number of aryl methyl sites for hydroxylation is 1. The standard InChI is InChI=1S/C24H24F2N2O4/c1-30-19-9-8-15(13-20(19)31-2)18-7-4-12-28(18)23(29)11-10-22-27-14-21(32-22)24-16(25)5-3-6-17(24)26/h3,5-6,8-9,13-14,18H,4,7,10-12H2,1-2H3/t18-/m1/s1. The number of aromatic nitrogens is 1. The third-order valence-corrected chi connectivity index (χ3v) is 5.68. The van der Waals surface area contributed by atoms with Crippen molar-refractivity contribution in [2.24, 2.45) is 0 Å². The molecule has 1 fully saturated rings. The van der Waals surface area contributed by atoms with Gasteiger partial charge in [0.15, 0.2) is 23.1 Å². The van der Waals surface area contributed by atoms with Crippen LogP contribution in [0.3, 0.4) is 0 Å². The van der Waals surface area contributed by atoms with Crippen molar-refractivity contribution in [3.63, 3.8) is 0 Å². The van der Waals surface area contributed by atoms with Gasteiger partial charge < -0.3 is 18.8 Å². The Balaban J connectivity index is 1.44. The van der Waals surface area contributed by atoms with E-state index in [9.17, 15) is 13.6 Å². The molecule has 168 valence electrons. The number of oxazole rings is 1. The number of likely N-dealkylation sites (tertiary alicyclic amines) is 1. The molecular weight excluding hydrogens is 418 g/mol. The van der Waals surface area contributed by atoms with Gasteiger partial charge in [-0.1, -0.05) is 12.1 Å². The molecule has 3 aromatic rings. The van der Waals surface area contributed by atoms with Gasteiger partial charge >= 0.3 is 0 Å². The predicted molar refractivity (Wildman–Crippen MR) is 113 cm³/mol. The lowest BCUT2D eigenvalue weighted by Gasteiger charge is -2.25. The molecule has 1 aliphatic heterocycles. The molecule has 0 saturated carbocycles. The molecule has 2 heterocycles. The summed E-state index contributed by atoms with van der Waals surface area (Å²) in [5.74, 6) is 0.0525. The molecule has 1 saturated heterocycles. The number of benzene rings is 2. The second-order valence-corrected chi connectivity index (χ2v) is 7.57. The summed E-state index contributed by atoms with van der Waals surface area (Å²) in [5.41, 5.74) is 0.729. The Morgan fingerprint density at radius 1 is 1.16 bits per heavy atom. The number of ether oxygens (including phenoxy) is 2. The first-order valence-corrected chi connectivity index (χ1v) is 10.4. The topological polar surface area (TPSA) is 64.8 Å². The number of halogens is 2. The van der Waals surface area contributed by atoms with E-state index in [1.165, 1.54) is 12.3 Å². The van der Waals surface area contributed by atoms with Crippen molar-refractivity contribution in [3.8, 4) is 22.8 Å². The zero-order valence-electron chi connectivity index (χ0n) is 17.9. The van der Waals surface area contributed by atoms with Gasteiger partial charge in [-0.2, -0.15) is 0 Å². The van der Waals surface area contributed by atoms with Crippen molar-refractivity contribution in [3.05, 3.63) is 65.7 Å². The van der Waals surface area contributed by atoms with Crippen molar-refractivity contribution in [1.29, 1.82) is 0 Å². The third kappa shape index (κ3) is 4.30. The molecule has 1 aromatic heterocycles. The summed E-state index contributed by atoms with van der Waals surface area (Å²) in [7, 11) is 3.16. The minimum atomic E-state index is -0.724. The predicted octanol–water partition coefficient (Wildman–Crippen LogP) is 4.93. The van der Waals surface area contributed by atoms with E-state index in [2.05, 4.69) is 4.98 Å². The fourth-order valence-electron chi connectivity index (χ4n) is 4.10. The Labute approximate surface area is 184 Å². The molecule has 0 aliphatic carbocycles. The zero-order chi connectivity index (χ0) is 22.7. The van der Waals surface area contributed by atoms with Gasteiger partial charge in [0.25, 0.3) is 0 Å². The summed E-state index contributed by atoms with van der Waals surface area (Å²) in [4.78, 5) is 18.9. The molecular formula is C24H24F2N2O4. The highest BCUT2D eigenvalue weighted by Gasteiger charge is 2.30. The van der Waals surface area contributed by atoms with Crippen LogP contribution in [0.15, 0.2) is 47.0 Å². The van der Waals surface area contributed by atoms with Crippen LogP contribution >= 0.6 is 0 Å². The van der Waals surface area contributed by atoms with Gasteiger partial charge in [0.2, 0.25) is 5.91 Å². The average Bonchev–Trinajstić information content (AvgIpc) is 3.47. The molecule has 0 radical (unpaired) electrons. The molecule has 8 heteroatoms. The van der Waals surface area contributed by atoms with E-state index in [1.54, 1.807) is 14.2 Å². The van der Waals surface area contributed by atoms with Crippen molar-refractivity contribution in [2.45, 2.75) is 31.7 Å². The van der Waals surface area contributed by atoms with Crippen LogP contribution in [0.5, 0.6) is 11.5 Å². The van der Waals surface area contributed by atoms with Crippen molar-refractivity contribution >= 4 is 5.91 Å². The number of rotatable bonds is 7. The van der Waals surface area contributed by atoms with Crippen LogP contribution < -0.4 is 9.47 Å². The smallest absolute Gasteiger partial charge is 0.223 e. The van der Waals surface area contributed by atoms with Gasteiger partial charge in [0, 0.05) is 19.4 Å². The van der Waals surface area contributed by atoms with Gasteiger partial charge in [0.1, 0.15) is 11.6 Å². The number of nitrogens with zero attached hydrogens (tertiary/aromatic N) is 2. The molecule has 1 aliphatic rings. The summed E-state index contributed by atoms with van der Waals surface area (Å²) in [6.07, 6.45) is 3.47.